The largest absolute Gasteiger partial charge is 0.491 e. The summed E-state index contributed by atoms with van der Waals surface area (Å²) in [4.78, 5) is 11.9. The second kappa shape index (κ2) is 5.02. The van der Waals surface area contributed by atoms with Gasteiger partial charge in [-0.05, 0) is 36.8 Å². The van der Waals surface area contributed by atoms with Gasteiger partial charge in [0.1, 0.15) is 30.0 Å². The first-order chi connectivity index (χ1) is 9.65. The lowest BCUT2D eigenvalue weighted by Crippen LogP contribution is -2.24. The number of carbonyl (C=O) groups is 1. The molecule has 2 heterocycles. The van der Waals surface area contributed by atoms with Crippen LogP contribution in [0.5, 0.6) is 5.75 Å². The number of furan rings is 1. The topological polar surface area (TPSA) is 71.7 Å². The zero-order valence-electron chi connectivity index (χ0n) is 11.1. The Morgan fingerprint density at radius 1 is 1.30 bits per heavy atom. The molecular weight excluding hydrogens is 258 g/mol. The third-order valence-corrected chi connectivity index (χ3v) is 3.24. The summed E-state index contributed by atoms with van der Waals surface area (Å²) in [7, 11) is 0. The van der Waals surface area contributed by atoms with Gasteiger partial charge in [0.25, 0.3) is 5.91 Å². The fourth-order valence-electron chi connectivity index (χ4n) is 2.21. The molecule has 5 nitrogen and oxygen atoms in total. The molecule has 1 aliphatic rings. The fourth-order valence-corrected chi connectivity index (χ4v) is 2.21. The van der Waals surface area contributed by atoms with Gasteiger partial charge in [0.2, 0.25) is 0 Å². The molecule has 2 N–H and O–H groups in total. The smallest absolute Gasteiger partial charge is 0.255 e. The number of ether oxygens (including phenoxy) is 1. The molecule has 5 heteroatoms. The Bertz CT molecular complexity index is 647. The van der Waals surface area contributed by atoms with Crippen molar-refractivity contribution >= 4 is 5.91 Å². The van der Waals surface area contributed by atoms with Gasteiger partial charge in [0.05, 0.1) is 12.1 Å². The van der Waals surface area contributed by atoms with E-state index in [1.807, 2.05) is 6.92 Å². The lowest BCUT2D eigenvalue weighted by Gasteiger charge is -2.11. The molecule has 1 aromatic heterocycles. The minimum Gasteiger partial charge on any atom is -0.491 e. The number of carbonyl (C=O) groups excluding carboxylic acids is 1. The van der Waals surface area contributed by atoms with Crippen LogP contribution in [-0.4, -0.2) is 24.2 Å². The van der Waals surface area contributed by atoms with E-state index in [0.717, 1.165) is 5.76 Å². The molecule has 3 rings (SSSR count). The number of amides is 1. The van der Waals surface area contributed by atoms with Crippen molar-refractivity contribution in [2.75, 3.05) is 13.2 Å². The Kier molecular flexibility index (Phi) is 3.20. The van der Waals surface area contributed by atoms with Crippen molar-refractivity contribution < 1.29 is 19.1 Å². The molecule has 0 saturated heterocycles. The van der Waals surface area contributed by atoms with Gasteiger partial charge in [-0.1, -0.05) is 6.07 Å². The van der Waals surface area contributed by atoms with E-state index in [2.05, 4.69) is 5.32 Å². The molecule has 1 amide bonds. The van der Waals surface area contributed by atoms with E-state index in [1.165, 1.54) is 0 Å². The number of hydrogen-bond acceptors (Lipinski definition) is 4. The van der Waals surface area contributed by atoms with E-state index >= 15 is 0 Å². The lowest BCUT2D eigenvalue weighted by atomic mass is 10.0. The second-order valence-corrected chi connectivity index (χ2v) is 4.71. The molecule has 0 bridgehead atoms. The normalized spacial score (nSPS) is 15.8. The molecule has 0 saturated carbocycles. The Balaban J connectivity index is 1.97. The van der Waals surface area contributed by atoms with Gasteiger partial charge in [-0.15, -0.1) is 0 Å². The number of aliphatic hydroxyl groups excluding tert-OH is 1. The monoisotopic (exact) mass is 273 g/mol. The van der Waals surface area contributed by atoms with Crippen LogP contribution in [0.15, 0.2) is 34.7 Å². The van der Waals surface area contributed by atoms with Crippen molar-refractivity contribution in [2.45, 2.75) is 13.0 Å². The molecule has 0 aliphatic carbocycles. The third-order valence-electron chi connectivity index (χ3n) is 3.24. The Labute approximate surface area is 116 Å². The van der Waals surface area contributed by atoms with Crippen LogP contribution >= 0.6 is 0 Å². The van der Waals surface area contributed by atoms with Crippen LogP contribution in [0.1, 0.15) is 33.5 Å². The Morgan fingerprint density at radius 2 is 2.15 bits per heavy atom. The van der Waals surface area contributed by atoms with Crippen LogP contribution in [0, 0.1) is 6.92 Å². The first-order valence-corrected chi connectivity index (χ1v) is 6.44. The predicted molar refractivity (Wildman–Crippen MR) is 71.8 cm³/mol. The van der Waals surface area contributed by atoms with E-state index in [4.69, 9.17) is 9.15 Å². The average Bonchev–Trinajstić information content (AvgIpc) is 2.80. The molecule has 0 fully saturated rings. The molecule has 20 heavy (non-hydrogen) atoms. The summed E-state index contributed by atoms with van der Waals surface area (Å²) in [5.74, 6) is 1.53. The molecule has 2 aromatic rings. The number of aliphatic hydroxyl groups is 1. The molecule has 1 aliphatic heterocycles. The van der Waals surface area contributed by atoms with Gasteiger partial charge in [0.15, 0.2) is 0 Å². The number of rotatable bonds is 2. The third kappa shape index (κ3) is 2.28. The van der Waals surface area contributed by atoms with Gasteiger partial charge >= 0.3 is 0 Å². The molecule has 104 valence electrons. The van der Waals surface area contributed by atoms with Crippen molar-refractivity contribution in [1.29, 1.82) is 0 Å². The van der Waals surface area contributed by atoms with Crippen molar-refractivity contribution in [3.63, 3.8) is 0 Å². The highest BCUT2D eigenvalue weighted by Crippen LogP contribution is 2.28. The second-order valence-electron chi connectivity index (χ2n) is 4.71. The highest BCUT2D eigenvalue weighted by Gasteiger charge is 2.20. The van der Waals surface area contributed by atoms with Gasteiger partial charge in [-0.25, -0.2) is 0 Å². The fraction of sp³-hybridized carbons (Fsp3) is 0.267. The predicted octanol–water partition coefficient (Wildman–Crippen LogP) is 1.79. The van der Waals surface area contributed by atoms with Crippen LogP contribution in [0.3, 0.4) is 0 Å². The van der Waals surface area contributed by atoms with E-state index in [-0.39, 0.29) is 5.91 Å². The maximum atomic E-state index is 11.9. The van der Waals surface area contributed by atoms with Gasteiger partial charge < -0.3 is 19.6 Å². The van der Waals surface area contributed by atoms with Crippen LogP contribution in [0.4, 0.5) is 0 Å². The minimum absolute atomic E-state index is 0.192. The molecule has 1 unspecified atom stereocenters. The first kappa shape index (κ1) is 12.7. The van der Waals surface area contributed by atoms with E-state index in [1.54, 1.807) is 30.3 Å². The van der Waals surface area contributed by atoms with Gasteiger partial charge in [-0.3, -0.25) is 4.79 Å². The SMILES string of the molecule is Cc1ccc(C(O)c2ccc3c(c2)C(=O)NCCO3)o1. The lowest BCUT2D eigenvalue weighted by molar-refractivity contribution is 0.0957. The van der Waals surface area contributed by atoms with Crippen molar-refractivity contribution in [3.8, 4) is 5.75 Å². The van der Waals surface area contributed by atoms with E-state index in [9.17, 15) is 9.90 Å². The first-order valence-electron chi connectivity index (χ1n) is 6.44. The summed E-state index contributed by atoms with van der Waals surface area (Å²) < 4.78 is 10.9. The quantitative estimate of drug-likeness (QED) is 0.875. The van der Waals surface area contributed by atoms with Crippen LogP contribution in [0.25, 0.3) is 0 Å². The summed E-state index contributed by atoms with van der Waals surface area (Å²) in [6.45, 7) is 2.73. The number of nitrogens with one attached hydrogen (secondary N) is 1. The molecule has 0 spiro atoms. The van der Waals surface area contributed by atoms with Crippen LogP contribution in [-0.2, 0) is 0 Å². The molecular formula is C15H15NO4. The summed E-state index contributed by atoms with van der Waals surface area (Å²) in [6, 6.07) is 8.59. The standard InChI is InChI=1S/C15H15NO4/c1-9-2-4-13(20-9)14(17)10-3-5-12-11(8-10)15(18)16-6-7-19-12/h2-5,8,14,17H,6-7H2,1H3,(H,16,18). The summed E-state index contributed by atoms with van der Waals surface area (Å²) in [5.41, 5.74) is 1.03. The number of benzene rings is 1. The zero-order valence-corrected chi connectivity index (χ0v) is 11.1. The van der Waals surface area contributed by atoms with E-state index in [0.29, 0.717) is 35.8 Å². The molecule has 1 aromatic carbocycles. The van der Waals surface area contributed by atoms with Gasteiger partial charge in [-0.2, -0.15) is 0 Å². The summed E-state index contributed by atoms with van der Waals surface area (Å²) >= 11 is 0. The number of hydrogen-bond donors (Lipinski definition) is 2. The maximum Gasteiger partial charge on any atom is 0.255 e. The summed E-state index contributed by atoms with van der Waals surface area (Å²) in [6.07, 6.45) is -0.898. The zero-order chi connectivity index (χ0) is 14.1. The molecule has 0 radical (unpaired) electrons. The minimum atomic E-state index is -0.898. The van der Waals surface area contributed by atoms with Crippen molar-refractivity contribution in [1.82, 2.24) is 5.32 Å². The Hall–Kier alpha value is -2.27. The van der Waals surface area contributed by atoms with E-state index < -0.39 is 6.10 Å². The van der Waals surface area contributed by atoms with Crippen molar-refractivity contribution in [3.05, 3.63) is 53.0 Å². The Morgan fingerprint density at radius 3 is 2.90 bits per heavy atom. The van der Waals surface area contributed by atoms with Crippen LogP contribution < -0.4 is 10.1 Å². The van der Waals surface area contributed by atoms with Crippen molar-refractivity contribution in [2.24, 2.45) is 0 Å². The molecule has 1 atom stereocenters. The maximum absolute atomic E-state index is 11.9. The highest BCUT2D eigenvalue weighted by molar-refractivity contribution is 5.97. The van der Waals surface area contributed by atoms with Gasteiger partial charge in [0, 0.05) is 0 Å². The summed E-state index contributed by atoms with van der Waals surface area (Å²) in [5, 5.41) is 13.0. The van der Waals surface area contributed by atoms with Crippen LogP contribution in [0.2, 0.25) is 0 Å². The number of fused-ring (bicyclic) bond motifs is 1. The highest BCUT2D eigenvalue weighted by atomic mass is 16.5. The average molecular weight is 273 g/mol. The number of aryl methyl sites for hydroxylation is 1.